The van der Waals surface area contributed by atoms with E-state index in [1.165, 1.54) is 26.4 Å². The predicted octanol–water partition coefficient (Wildman–Crippen LogP) is 3.62. The lowest BCUT2D eigenvalue weighted by molar-refractivity contribution is -0.143. The molecule has 30 heavy (non-hydrogen) atoms. The average Bonchev–Trinajstić information content (AvgIpc) is 3.00. The number of hydrogen-bond donors (Lipinski definition) is 0. The molecule has 0 spiro atoms. The summed E-state index contributed by atoms with van der Waals surface area (Å²) in [7, 11) is 2.64. The van der Waals surface area contributed by atoms with Gasteiger partial charge in [-0.3, -0.25) is 19.3 Å². The van der Waals surface area contributed by atoms with Crippen molar-refractivity contribution in [3.63, 3.8) is 0 Å². The van der Waals surface area contributed by atoms with Gasteiger partial charge in [-0.25, -0.2) is 4.39 Å². The van der Waals surface area contributed by atoms with E-state index in [0.29, 0.717) is 22.6 Å². The Bertz CT molecular complexity index is 1020. The van der Waals surface area contributed by atoms with Gasteiger partial charge in [0.25, 0.3) is 11.1 Å². The number of hydrogen-bond acceptors (Lipinski definition) is 7. The van der Waals surface area contributed by atoms with Crippen LogP contribution in [0, 0.1) is 5.82 Å². The normalized spacial score (nSPS) is 14.9. The summed E-state index contributed by atoms with van der Waals surface area (Å²) >= 11 is 0.733. The van der Waals surface area contributed by atoms with Crippen LogP contribution in [-0.2, 0) is 20.9 Å². The molecule has 0 aromatic heterocycles. The molecule has 1 aliphatic rings. The lowest BCUT2D eigenvalue weighted by atomic mass is 10.1. The number of carbonyl (C=O) groups excluding carboxylic acids is 3. The summed E-state index contributed by atoms with van der Waals surface area (Å²) in [6.07, 6.45) is 1.52. The Kier molecular flexibility index (Phi) is 6.73. The van der Waals surface area contributed by atoms with Crippen LogP contribution in [-0.4, -0.2) is 42.8 Å². The molecule has 0 bridgehead atoms. The Morgan fingerprint density at radius 1 is 1.13 bits per heavy atom. The fourth-order valence-electron chi connectivity index (χ4n) is 2.65. The molecular formula is C21H18FNO6S. The number of ether oxygens (including phenoxy) is 3. The molecule has 156 valence electrons. The molecule has 1 heterocycles. The molecule has 0 N–H and O–H groups in total. The first kappa shape index (κ1) is 21.4. The molecule has 0 saturated carbocycles. The minimum Gasteiger partial charge on any atom is -0.493 e. The second-order valence-corrected chi connectivity index (χ2v) is 7.13. The first-order chi connectivity index (χ1) is 14.4. The number of thioether (sulfide) groups is 1. The van der Waals surface area contributed by atoms with Gasteiger partial charge < -0.3 is 14.2 Å². The van der Waals surface area contributed by atoms with Crippen LogP contribution in [0.2, 0.25) is 0 Å². The minimum atomic E-state index is -0.684. The molecule has 1 saturated heterocycles. The Labute approximate surface area is 176 Å². The highest BCUT2D eigenvalue weighted by Crippen LogP contribution is 2.34. The molecule has 7 nitrogen and oxygen atoms in total. The topological polar surface area (TPSA) is 82.1 Å². The molecule has 1 aliphatic heterocycles. The number of benzene rings is 2. The van der Waals surface area contributed by atoms with E-state index in [-0.39, 0.29) is 17.3 Å². The van der Waals surface area contributed by atoms with Crippen LogP contribution in [0.3, 0.4) is 0 Å². The van der Waals surface area contributed by atoms with Crippen molar-refractivity contribution in [3.8, 4) is 11.5 Å². The van der Waals surface area contributed by atoms with E-state index in [2.05, 4.69) is 4.74 Å². The predicted molar refractivity (Wildman–Crippen MR) is 108 cm³/mol. The van der Waals surface area contributed by atoms with E-state index >= 15 is 0 Å². The van der Waals surface area contributed by atoms with Crippen LogP contribution in [0.15, 0.2) is 47.4 Å². The van der Waals surface area contributed by atoms with Gasteiger partial charge in [0, 0.05) is 5.56 Å². The Morgan fingerprint density at radius 2 is 1.90 bits per heavy atom. The average molecular weight is 431 g/mol. The van der Waals surface area contributed by atoms with Gasteiger partial charge in [-0.15, -0.1) is 0 Å². The molecule has 0 radical (unpaired) electrons. The van der Waals surface area contributed by atoms with Gasteiger partial charge in [-0.05, 0) is 41.6 Å². The maximum Gasteiger partial charge on any atom is 0.325 e. The van der Waals surface area contributed by atoms with Gasteiger partial charge in [0.1, 0.15) is 19.0 Å². The monoisotopic (exact) mass is 431 g/mol. The van der Waals surface area contributed by atoms with Crippen molar-refractivity contribution in [1.82, 2.24) is 4.90 Å². The van der Waals surface area contributed by atoms with Crippen molar-refractivity contribution in [2.75, 3.05) is 20.8 Å². The highest BCUT2D eigenvalue weighted by Gasteiger charge is 2.36. The number of halogens is 1. The van der Waals surface area contributed by atoms with Gasteiger partial charge >= 0.3 is 5.97 Å². The molecular weight excluding hydrogens is 413 g/mol. The van der Waals surface area contributed by atoms with Crippen molar-refractivity contribution < 1.29 is 33.0 Å². The second kappa shape index (κ2) is 9.45. The molecule has 9 heteroatoms. The Balaban J connectivity index is 1.76. The Hall–Kier alpha value is -3.33. The van der Waals surface area contributed by atoms with Gasteiger partial charge in [0.2, 0.25) is 0 Å². The standard InChI is InChI=1S/C21H18FNO6S/c1-27-17-9-13(7-8-16(17)29-12-14-5-3-4-6-15(14)22)10-18-20(25)23(21(26)30-18)11-19(24)28-2/h3-10H,11-12H2,1-2H3. The molecule has 2 aromatic rings. The molecule has 0 unspecified atom stereocenters. The van der Waals surface area contributed by atoms with E-state index < -0.39 is 23.7 Å². The summed E-state index contributed by atoms with van der Waals surface area (Å²) in [4.78, 5) is 36.8. The van der Waals surface area contributed by atoms with E-state index in [1.807, 2.05) is 0 Å². The summed E-state index contributed by atoms with van der Waals surface area (Å²) in [5.74, 6) is -0.841. The van der Waals surface area contributed by atoms with Gasteiger partial charge in [0.15, 0.2) is 11.5 Å². The zero-order valence-corrected chi connectivity index (χ0v) is 17.0. The summed E-state index contributed by atoms with van der Waals surface area (Å²) in [5.41, 5.74) is 0.997. The second-order valence-electron chi connectivity index (χ2n) is 6.13. The fourth-order valence-corrected chi connectivity index (χ4v) is 3.48. The van der Waals surface area contributed by atoms with E-state index in [1.54, 1.807) is 36.4 Å². The van der Waals surface area contributed by atoms with Crippen LogP contribution in [0.25, 0.3) is 6.08 Å². The summed E-state index contributed by atoms with van der Waals surface area (Å²) in [6.45, 7) is -0.417. The molecule has 2 aromatic carbocycles. The smallest absolute Gasteiger partial charge is 0.325 e. The zero-order valence-electron chi connectivity index (χ0n) is 16.2. The molecule has 1 fully saturated rings. The van der Waals surface area contributed by atoms with Crippen LogP contribution >= 0.6 is 11.8 Å². The van der Waals surface area contributed by atoms with Crippen molar-refractivity contribution >= 4 is 35.0 Å². The maximum atomic E-state index is 13.8. The highest BCUT2D eigenvalue weighted by molar-refractivity contribution is 8.18. The van der Waals surface area contributed by atoms with Crippen LogP contribution in [0.1, 0.15) is 11.1 Å². The number of imide groups is 1. The SMILES string of the molecule is COC(=O)CN1C(=O)SC(=Cc2ccc(OCc3ccccc3F)c(OC)c2)C1=O. The minimum absolute atomic E-state index is 0.0226. The third-order valence-corrected chi connectivity index (χ3v) is 5.12. The summed E-state index contributed by atoms with van der Waals surface area (Å²) in [5, 5.41) is -0.548. The quantitative estimate of drug-likeness (QED) is 0.489. The molecule has 0 aliphatic carbocycles. The number of nitrogens with zero attached hydrogens (tertiary/aromatic N) is 1. The largest absolute Gasteiger partial charge is 0.493 e. The number of methoxy groups -OCH3 is 2. The van der Waals surface area contributed by atoms with E-state index in [9.17, 15) is 18.8 Å². The maximum absolute atomic E-state index is 13.8. The third-order valence-electron chi connectivity index (χ3n) is 4.21. The Morgan fingerprint density at radius 3 is 2.60 bits per heavy atom. The van der Waals surface area contributed by atoms with Crippen molar-refractivity contribution in [1.29, 1.82) is 0 Å². The lowest BCUT2D eigenvalue weighted by Crippen LogP contribution is -2.34. The zero-order chi connectivity index (χ0) is 21.7. The van der Waals surface area contributed by atoms with E-state index in [4.69, 9.17) is 9.47 Å². The number of rotatable bonds is 7. The number of carbonyl (C=O) groups is 3. The third kappa shape index (κ3) is 4.80. The summed E-state index contributed by atoms with van der Waals surface area (Å²) in [6, 6.07) is 11.2. The van der Waals surface area contributed by atoms with Crippen molar-refractivity contribution in [2.45, 2.75) is 6.61 Å². The van der Waals surface area contributed by atoms with Gasteiger partial charge in [0.05, 0.1) is 19.1 Å². The number of amides is 2. The van der Waals surface area contributed by atoms with Crippen LogP contribution in [0.5, 0.6) is 11.5 Å². The fraction of sp³-hybridized carbons (Fsp3) is 0.190. The van der Waals surface area contributed by atoms with Crippen LogP contribution < -0.4 is 9.47 Å². The molecule has 2 amide bonds. The number of esters is 1. The molecule has 3 rings (SSSR count). The van der Waals surface area contributed by atoms with Crippen LogP contribution in [0.4, 0.5) is 9.18 Å². The first-order valence-corrected chi connectivity index (χ1v) is 9.61. The summed E-state index contributed by atoms with van der Waals surface area (Å²) < 4.78 is 29.2. The highest BCUT2D eigenvalue weighted by atomic mass is 32.2. The van der Waals surface area contributed by atoms with Crippen molar-refractivity contribution in [3.05, 3.63) is 64.3 Å². The van der Waals surface area contributed by atoms with Gasteiger partial charge in [-0.2, -0.15) is 0 Å². The van der Waals surface area contributed by atoms with Gasteiger partial charge in [-0.1, -0.05) is 24.3 Å². The van der Waals surface area contributed by atoms with Crippen molar-refractivity contribution in [2.24, 2.45) is 0 Å². The first-order valence-electron chi connectivity index (χ1n) is 8.79. The molecule has 0 atom stereocenters. The lowest BCUT2D eigenvalue weighted by Gasteiger charge is -2.12. The van der Waals surface area contributed by atoms with E-state index in [0.717, 1.165) is 16.7 Å².